The highest BCUT2D eigenvalue weighted by Crippen LogP contribution is 2.59. The largest absolute Gasteiger partial charge is 0.310 e. The Labute approximate surface area is 374 Å². The fraction of sp³-hybridized carbons (Fsp3) is 0.344. The van der Waals surface area contributed by atoms with Gasteiger partial charge in [-0.1, -0.05) is 222 Å². The summed E-state index contributed by atoms with van der Waals surface area (Å²) in [5, 5.41) is 2.64. The van der Waals surface area contributed by atoms with E-state index < -0.39 is 0 Å². The third-order valence-corrected chi connectivity index (χ3v) is 13.8. The zero-order valence-electron chi connectivity index (χ0n) is 39.0. The molecule has 0 radical (unpaired) electrons. The van der Waals surface area contributed by atoms with Crippen LogP contribution in [0, 0.1) is 0 Å². The summed E-state index contributed by atoms with van der Waals surface area (Å²) in [6.07, 6.45) is 12.4. The van der Waals surface area contributed by atoms with Crippen LogP contribution in [-0.2, 0) is 16.2 Å². The van der Waals surface area contributed by atoms with Crippen LogP contribution in [0.4, 0.5) is 17.1 Å². The van der Waals surface area contributed by atoms with Crippen molar-refractivity contribution in [2.75, 3.05) is 4.90 Å². The molecule has 7 aromatic carbocycles. The van der Waals surface area contributed by atoms with Crippen molar-refractivity contribution in [3.05, 3.63) is 174 Å². The van der Waals surface area contributed by atoms with Crippen molar-refractivity contribution in [3.8, 4) is 33.4 Å². The van der Waals surface area contributed by atoms with E-state index in [0.29, 0.717) is 0 Å². The highest BCUT2D eigenvalue weighted by atomic mass is 15.1. The number of rotatable bonds is 15. The Morgan fingerprint density at radius 2 is 0.887 bits per heavy atom. The molecular formula is C61H69N. The third kappa shape index (κ3) is 8.66. The van der Waals surface area contributed by atoms with Crippen LogP contribution in [-0.4, -0.2) is 0 Å². The van der Waals surface area contributed by atoms with E-state index in [4.69, 9.17) is 0 Å². The molecule has 1 nitrogen and oxygen atoms in total. The normalized spacial score (nSPS) is 13.3. The first-order valence-corrected chi connectivity index (χ1v) is 23.8. The van der Waals surface area contributed by atoms with Gasteiger partial charge in [-0.25, -0.2) is 0 Å². The Kier molecular flexibility index (Phi) is 12.7. The highest BCUT2D eigenvalue weighted by Gasteiger charge is 2.44. The van der Waals surface area contributed by atoms with E-state index in [2.05, 4.69) is 212 Å². The van der Waals surface area contributed by atoms with Crippen LogP contribution in [0.3, 0.4) is 0 Å². The minimum Gasteiger partial charge on any atom is -0.310 e. The zero-order chi connectivity index (χ0) is 43.5. The van der Waals surface area contributed by atoms with Gasteiger partial charge in [-0.15, -0.1) is 0 Å². The second-order valence-electron chi connectivity index (χ2n) is 20.2. The van der Waals surface area contributed by atoms with Crippen LogP contribution < -0.4 is 4.90 Å². The van der Waals surface area contributed by atoms with Crippen molar-refractivity contribution in [3.63, 3.8) is 0 Å². The zero-order valence-corrected chi connectivity index (χ0v) is 39.0. The van der Waals surface area contributed by atoms with Gasteiger partial charge in [-0.05, 0) is 121 Å². The lowest BCUT2D eigenvalue weighted by Gasteiger charge is -2.35. The monoisotopic (exact) mass is 816 g/mol. The number of para-hydroxylation sites is 1. The van der Waals surface area contributed by atoms with Crippen LogP contribution in [0.25, 0.3) is 44.2 Å². The van der Waals surface area contributed by atoms with Gasteiger partial charge in [0.1, 0.15) is 0 Å². The molecule has 0 heterocycles. The Hall–Kier alpha value is -5.40. The summed E-state index contributed by atoms with van der Waals surface area (Å²) in [5.41, 5.74) is 17.5. The van der Waals surface area contributed by atoms with Crippen LogP contribution in [0.15, 0.2) is 152 Å². The average molecular weight is 816 g/mol. The molecule has 0 unspecified atom stereocenters. The predicted octanol–water partition coefficient (Wildman–Crippen LogP) is 18.4. The van der Waals surface area contributed by atoms with Gasteiger partial charge in [0.25, 0.3) is 0 Å². The Bertz CT molecular complexity index is 2570. The SMILES string of the molecule is CCCCCCC1(CCCCCC)c2cc(-c3ccc(C(C)(C)C)cc3)ccc2-c2c1cc(N(c1ccccc1)c1ccc(-c3ccc(C(C)(C)C)cc3)cc1)c1ccccc21. The summed E-state index contributed by atoms with van der Waals surface area (Å²) in [4.78, 5) is 2.53. The van der Waals surface area contributed by atoms with E-state index in [1.165, 1.54) is 135 Å². The lowest BCUT2D eigenvalue weighted by atomic mass is 9.70. The fourth-order valence-corrected chi connectivity index (χ4v) is 10.2. The summed E-state index contributed by atoms with van der Waals surface area (Å²) in [7, 11) is 0. The van der Waals surface area contributed by atoms with Gasteiger partial charge >= 0.3 is 0 Å². The van der Waals surface area contributed by atoms with Crippen molar-refractivity contribution >= 4 is 27.8 Å². The maximum absolute atomic E-state index is 2.64. The predicted molar refractivity (Wildman–Crippen MR) is 271 cm³/mol. The molecule has 0 aromatic heterocycles. The van der Waals surface area contributed by atoms with Crippen molar-refractivity contribution < 1.29 is 0 Å². The van der Waals surface area contributed by atoms with Crippen molar-refractivity contribution in [2.45, 2.75) is 136 Å². The van der Waals surface area contributed by atoms with E-state index in [-0.39, 0.29) is 16.2 Å². The molecule has 0 N–H and O–H groups in total. The van der Waals surface area contributed by atoms with Gasteiger partial charge < -0.3 is 4.90 Å². The average Bonchev–Trinajstić information content (AvgIpc) is 3.55. The van der Waals surface area contributed by atoms with Gasteiger partial charge in [0.05, 0.1) is 5.69 Å². The van der Waals surface area contributed by atoms with Crippen molar-refractivity contribution in [1.82, 2.24) is 0 Å². The fourth-order valence-electron chi connectivity index (χ4n) is 10.2. The Balaban J connectivity index is 1.32. The number of nitrogens with zero attached hydrogens (tertiary/aromatic N) is 1. The van der Waals surface area contributed by atoms with Gasteiger partial charge in [0.2, 0.25) is 0 Å². The molecule has 0 aliphatic heterocycles. The summed E-state index contributed by atoms with van der Waals surface area (Å²) in [5.74, 6) is 0. The molecule has 0 bridgehead atoms. The molecule has 8 rings (SSSR count). The molecular weight excluding hydrogens is 747 g/mol. The summed E-state index contributed by atoms with van der Waals surface area (Å²) in [6, 6.07) is 58.2. The van der Waals surface area contributed by atoms with E-state index in [1.54, 1.807) is 0 Å². The van der Waals surface area contributed by atoms with Gasteiger partial charge in [0.15, 0.2) is 0 Å². The highest BCUT2D eigenvalue weighted by molar-refractivity contribution is 6.10. The number of hydrogen-bond donors (Lipinski definition) is 0. The molecule has 7 aromatic rings. The smallest absolute Gasteiger partial charge is 0.0543 e. The lowest BCUT2D eigenvalue weighted by Crippen LogP contribution is -2.26. The van der Waals surface area contributed by atoms with Crippen molar-refractivity contribution in [2.24, 2.45) is 0 Å². The molecule has 318 valence electrons. The number of fused-ring (bicyclic) bond motifs is 5. The minimum atomic E-state index is -0.0856. The second kappa shape index (κ2) is 18.1. The molecule has 0 saturated heterocycles. The van der Waals surface area contributed by atoms with Crippen LogP contribution in [0.5, 0.6) is 0 Å². The van der Waals surface area contributed by atoms with Gasteiger partial charge in [-0.3, -0.25) is 0 Å². The van der Waals surface area contributed by atoms with Crippen LogP contribution in [0.1, 0.15) is 142 Å². The van der Waals surface area contributed by atoms with E-state index in [9.17, 15) is 0 Å². The molecule has 1 aliphatic carbocycles. The van der Waals surface area contributed by atoms with Crippen molar-refractivity contribution in [1.29, 1.82) is 0 Å². The van der Waals surface area contributed by atoms with Gasteiger partial charge in [0, 0.05) is 22.2 Å². The summed E-state index contributed by atoms with van der Waals surface area (Å²) >= 11 is 0. The molecule has 0 fully saturated rings. The van der Waals surface area contributed by atoms with E-state index in [0.717, 1.165) is 12.8 Å². The molecule has 62 heavy (non-hydrogen) atoms. The maximum atomic E-state index is 2.64. The minimum absolute atomic E-state index is 0.0856. The van der Waals surface area contributed by atoms with E-state index >= 15 is 0 Å². The Morgan fingerprint density at radius 1 is 0.419 bits per heavy atom. The first kappa shape index (κ1) is 43.3. The Morgan fingerprint density at radius 3 is 1.42 bits per heavy atom. The topological polar surface area (TPSA) is 3.24 Å². The summed E-state index contributed by atoms with van der Waals surface area (Å²) in [6.45, 7) is 18.4. The second-order valence-corrected chi connectivity index (χ2v) is 20.2. The molecule has 0 amide bonds. The molecule has 0 saturated carbocycles. The van der Waals surface area contributed by atoms with Gasteiger partial charge in [-0.2, -0.15) is 0 Å². The lowest BCUT2D eigenvalue weighted by molar-refractivity contribution is 0.401. The molecule has 0 spiro atoms. The number of hydrogen-bond acceptors (Lipinski definition) is 1. The number of anilines is 3. The van der Waals surface area contributed by atoms with E-state index in [1.807, 2.05) is 0 Å². The molecule has 0 atom stereocenters. The quantitative estimate of drug-likeness (QED) is 0.0932. The maximum Gasteiger partial charge on any atom is 0.0543 e. The number of unbranched alkanes of at least 4 members (excludes halogenated alkanes) is 6. The third-order valence-electron chi connectivity index (χ3n) is 13.8. The molecule has 1 aliphatic rings. The number of benzene rings is 7. The van der Waals surface area contributed by atoms with Crippen LogP contribution in [0.2, 0.25) is 0 Å². The van der Waals surface area contributed by atoms with Crippen LogP contribution >= 0.6 is 0 Å². The standard InChI is InChI=1S/C61H69N/c1-9-11-13-20-40-61(41-21-14-12-10-2)55-42-47(46-28-35-49(36-29-46)60(6,7)8)32-39-54(55)58-53-25-19-18-24-52(53)57(43-56(58)61)62(50-22-16-15-17-23-50)51-37-30-45(31-38-51)44-26-33-48(34-27-44)59(3,4)5/h15-19,22-39,42-43H,9-14,20-21,40-41H2,1-8H3. The first-order valence-electron chi connectivity index (χ1n) is 23.8. The summed E-state index contributed by atoms with van der Waals surface area (Å²) < 4.78 is 0. The molecule has 1 heteroatoms. The first-order chi connectivity index (χ1) is 29.9.